The smallest absolute Gasteiger partial charge is 0.315 e. The van der Waals surface area contributed by atoms with Gasteiger partial charge in [-0.3, -0.25) is 4.79 Å². The summed E-state index contributed by atoms with van der Waals surface area (Å²) in [5.41, 5.74) is 1.93. The van der Waals surface area contributed by atoms with E-state index < -0.39 is 6.48 Å². The lowest BCUT2D eigenvalue weighted by atomic mass is 9.48. The Hall–Kier alpha value is -1.39. The molecule has 0 N–H and O–H groups in total. The van der Waals surface area contributed by atoms with Gasteiger partial charge >= 0.3 is 6.48 Å². The highest BCUT2D eigenvalue weighted by atomic mass is 16.8. The second-order valence-corrected chi connectivity index (χ2v) is 8.11. The Morgan fingerprint density at radius 3 is 2.32 bits per heavy atom. The zero-order valence-electron chi connectivity index (χ0n) is 15.1. The molecule has 25 heavy (non-hydrogen) atoms. The summed E-state index contributed by atoms with van der Waals surface area (Å²) in [6.45, 7) is 1.66. The van der Waals surface area contributed by atoms with Crippen molar-refractivity contribution in [3.8, 4) is 5.75 Å². The molecule has 4 saturated carbocycles. The highest BCUT2D eigenvalue weighted by Gasteiger charge is 2.52. The average molecular weight is 343 g/mol. The molecule has 135 valence electrons. The molecule has 0 aromatic heterocycles. The van der Waals surface area contributed by atoms with Crippen molar-refractivity contribution in [1.82, 2.24) is 0 Å². The standard InChI is InChI=1S/C21H27O4/c1-3-24-20(23-2)25-19-9-14(13-22)4-5-18(19)21-10-15-6-16(11-21)8-17(7-15)12-21/h4-5,9,15-17,20H,3,6-8,10-12H2,1-2H3. The minimum absolute atomic E-state index is 0.190. The summed E-state index contributed by atoms with van der Waals surface area (Å²) >= 11 is 0. The molecule has 5 rings (SSSR count). The van der Waals surface area contributed by atoms with Crippen LogP contribution in [0.1, 0.15) is 56.6 Å². The number of ether oxygens (including phenoxy) is 3. The van der Waals surface area contributed by atoms with E-state index >= 15 is 0 Å². The maximum atomic E-state index is 11.2. The molecule has 0 spiro atoms. The van der Waals surface area contributed by atoms with Crippen LogP contribution in [0.4, 0.5) is 0 Å². The molecule has 4 nitrogen and oxygen atoms in total. The molecule has 1 radical (unpaired) electrons. The summed E-state index contributed by atoms with van der Waals surface area (Å²) < 4.78 is 16.8. The third-order valence-corrected chi connectivity index (χ3v) is 6.43. The third-order valence-electron chi connectivity index (χ3n) is 6.43. The van der Waals surface area contributed by atoms with E-state index in [-0.39, 0.29) is 5.41 Å². The summed E-state index contributed by atoms with van der Waals surface area (Å²) in [6.07, 6.45) is 9.90. The topological polar surface area (TPSA) is 44.8 Å². The monoisotopic (exact) mass is 343 g/mol. The van der Waals surface area contributed by atoms with E-state index in [4.69, 9.17) is 14.2 Å². The van der Waals surface area contributed by atoms with Gasteiger partial charge in [0.15, 0.2) is 0 Å². The van der Waals surface area contributed by atoms with Crippen LogP contribution in [0.15, 0.2) is 18.2 Å². The maximum Gasteiger partial charge on any atom is 0.315 e. The lowest BCUT2D eigenvalue weighted by Crippen LogP contribution is -2.48. The van der Waals surface area contributed by atoms with Gasteiger partial charge in [-0.05, 0) is 74.7 Å². The van der Waals surface area contributed by atoms with Gasteiger partial charge in [-0.2, -0.15) is 0 Å². The summed E-state index contributed by atoms with van der Waals surface area (Å²) in [5, 5.41) is 0. The summed E-state index contributed by atoms with van der Waals surface area (Å²) in [4.78, 5) is 11.2. The van der Waals surface area contributed by atoms with Gasteiger partial charge in [0.05, 0.1) is 6.61 Å². The molecule has 1 aromatic carbocycles. The van der Waals surface area contributed by atoms with Gasteiger partial charge in [-0.1, -0.05) is 12.1 Å². The summed E-state index contributed by atoms with van der Waals surface area (Å²) in [5.74, 6) is 3.27. The second kappa shape index (κ2) is 6.73. The number of methoxy groups -OCH3 is 1. The fraction of sp³-hybridized carbons (Fsp3) is 0.667. The molecule has 1 unspecified atom stereocenters. The molecule has 4 heteroatoms. The number of benzene rings is 1. The average Bonchev–Trinajstić information content (AvgIpc) is 2.60. The first-order valence-electron chi connectivity index (χ1n) is 9.49. The number of carbonyl (C=O) groups excluding carboxylic acids is 1. The van der Waals surface area contributed by atoms with Crippen molar-refractivity contribution < 1.29 is 19.0 Å². The zero-order valence-corrected chi connectivity index (χ0v) is 15.1. The van der Waals surface area contributed by atoms with Crippen molar-refractivity contribution in [2.75, 3.05) is 13.7 Å². The predicted molar refractivity (Wildman–Crippen MR) is 94.1 cm³/mol. The molecule has 0 amide bonds. The zero-order chi connectivity index (χ0) is 17.4. The van der Waals surface area contributed by atoms with E-state index in [1.54, 1.807) is 13.2 Å². The van der Waals surface area contributed by atoms with E-state index in [9.17, 15) is 4.79 Å². The highest BCUT2D eigenvalue weighted by Crippen LogP contribution is 2.61. The van der Waals surface area contributed by atoms with Crippen LogP contribution in [0, 0.1) is 17.8 Å². The van der Waals surface area contributed by atoms with Crippen molar-refractivity contribution in [2.24, 2.45) is 17.8 Å². The second-order valence-electron chi connectivity index (χ2n) is 8.11. The van der Waals surface area contributed by atoms with E-state index in [0.29, 0.717) is 12.2 Å². The van der Waals surface area contributed by atoms with E-state index in [0.717, 1.165) is 23.5 Å². The Kier molecular flexibility index (Phi) is 4.59. The molecule has 0 saturated heterocycles. The van der Waals surface area contributed by atoms with Crippen LogP contribution in [-0.4, -0.2) is 26.5 Å². The molecule has 4 fully saturated rings. The first kappa shape index (κ1) is 17.0. The molecular formula is C21H27O4. The minimum Gasteiger partial charge on any atom is -0.441 e. The summed E-state index contributed by atoms with van der Waals surface area (Å²) in [6, 6.07) is 5.75. The molecular weight excluding hydrogens is 316 g/mol. The third kappa shape index (κ3) is 3.11. The summed E-state index contributed by atoms with van der Waals surface area (Å²) in [7, 11) is 1.57. The molecule has 4 bridgehead atoms. The van der Waals surface area contributed by atoms with Crippen LogP contribution >= 0.6 is 0 Å². The van der Waals surface area contributed by atoms with Crippen molar-refractivity contribution in [1.29, 1.82) is 0 Å². The van der Waals surface area contributed by atoms with Crippen LogP contribution in [0.3, 0.4) is 0 Å². The van der Waals surface area contributed by atoms with Crippen molar-refractivity contribution in [3.05, 3.63) is 29.3 Å². The van der Waals surface area contributed by atoms with Crippen LogP contribution < -0.4 is 4.74 Å². The molecule has 4 aliphatic carbocycles. The highest BCUT2D eigenvalue weighted by molar-refractivity contribution is 5.76. The fourth-order valence-electron chi connectivity index (χ4n) is 5.95. The maximum absolute atomic E-state index is 11.2. The van der Waals surface area contributed by atoms with Gasteiger partial charge in [-0.15, -0.1) is 0 Å². The van der Waals surface area contributed by atoms with Crippen LogP contribution in [0.2, 0.25) is 0 Å². The van der Waals surface area contributed by atoms with Crippen LogP contribution in [-0.2, 0) is 19.7 Å². The molecule has 0 aliphatic heterocycles. The van der Waals surface area contributed by atoms with Gasteiger partial charge < -0.3 is 14.2 Å². The Balaban J connectivity index is 1.70. The van der Waals surface area contributed by atoms with Gasteiger partial charge in [0.2, 0.25) is 6.29 Å². The minimum atomic E-state index is -0.750. The Bertz CT molecular complexity index is 603. The van der Waals surface area contributed by atoms with Crippen molar-refractivity contribution in [2.45, 2.75) is 57.3 Å². The fourth-order valence-corrected chi connectivity index (χ4v) is 5.95. The molecule has 0 heterocycles. The van der Waals surface area contributed by atoms with Crippen molar-refractivity contribution in [3.63, 3.8) is 0 Å². The lowest BCUT2D eigenvalue weighted by Gasteiger charge is -2.57. The lowest BCUT2D eigenvalue weighted by molar-refractivity contribution is -0.231. The van der Waals surface area contributed by atoms with Gasteiger partial charge in [0.25, 0.3) is 0 Å². The van der Waals surface area contributed by atoms with Gasteiger partial charge in [0, 0.05) is 18.2 Å². The normalized spacial score (nSPS) is 34.1. The number of hydrogen-bond donors (Lipinski definition) is 0. The van der Waals surface area contributed by atoms with Crippen LogP contribution in [0.5, 0.6) is 5.75 Å². The van der Waals surface area contributed by atoms with Gasteiger partial charge in [-0.25, -0.2) is 0 Å². The Labute approximate surface area is 149 Å². The first-order chi connectivity index (χ1) is 12.2. The number of rotatable bonds is 7. The van der Waals surface area contributed by atoms with E-state index in [2.05, 4.69) is 6.07 Å². The largest absolute Gasteiger partial charge is 0.441 e. The quantitative estimate of drug-likeness (QED) is 0.703. The van der Waals surface area contributed by atoms with Gasteiger partial charge in [0.1, 0.15) is 5.75 Å². The Morgan fingerprint density at radius 2 is 1.80 bits per heavy atom. The predicted octanol–water partition coefficient (Wildman–Crippen LogP) is 3.96. The first-order valence-corrected chi connectivity index (χ1v) is 9.49. The van der Waals surface area contributed by atoms with Crippen LogP contribution in [0.25, 0.3) is 0 Å². The van der Waals surface area contributed by atoms with Crippen molar-refractivity contribution >= 4 is 6.29 Å². The number of hydrogen-bond acceptors (Lipinski definition) is 4. The Morgan fingerprint density at radius 1 is 1.16 bits per heavy atom. The molecule has 1 atom stereocenters. The SMILES string of the molecule is CCOC(OC)Oc1cc([C]=O)ccc1C12CC3CC(CC(C3)C1)C2. The molecule has 4 aliphatic rings. The van der Waals surface area contributed by atoms with E-state index in [1.807, 2.05) is 19.3 Å². The van der Waals surface area contributed by atoms with E-state index in [1.165, 1.54) is 44.1 Å². The molecule has 1 aromatic rings.